The number of aliphatic hydroxyl groups excluding tert-OH is 1. The van der Waals surface area contributed by atoms with Crippen molar-refractivity contribution in [3.63, 3.8) is 0 Å². The van der Waals surface area contributed by atoms with Crippen molar-refractivity contribution in [1.82, 2.24) is 24.1 Å². The quantitative estimate of drug-likeness (QED) is 0.529. The van der Waals surface area contributed by atoms with E-state index >= 15 is 4.39 Å². The number of β-amino-alcohol motifs (C(OH)–C–C–N with tert-alkyl or cyclic N) is 1. The maximum Gasteiger partial charge on any atom is 0.243 e. The molecule has 0 aliphatic carbocycles. The second kappa shape index (κ2) is 9.83. The third-order valence-electron chi connectivity index (χ3n) is 6.97. The van der Waals surface area contributed by atoms with E-state index in [-0.39, 0.29) is 35.4 Å². The number of nitrogens with zero attached hydrogens (tertiary/aromatic N) is 5. The summed E-state index contributed by atoms with van der Waals surface area (Å²) in [6.45, 7) is 3.56. The normalized spacial score (nSPS) is 22.2. The fourth-order valence-electron chi connectivity index (χ4n) is 4.88. The van der Waals surface area contributed by atoms with Crippen molar-refractivity contribution in [2.75, 3.05) is 52.0 Å². The average molecular weight is 513 g/mol. The molecule has 0 radical (unpaired) electrons. The Kier molecular flexibility index (Phi) is 6.75. The molecule has 11 heteroatoms. The summed E-state index contributed by atoms with van der Waals surface area (Å²) >= 11 is 0. The molecule has 1 aromatic heterocycles. The summed E-state index contributed by atoms with van der Waals surface area (Å²) in [6.07, 6.45) is 1.97. The van der Waals surface area contributed by atoms with Gasteiger partial charge in [-0.2, -0.15) is 4.31 Å². The van der Waals surface area contributed by atoms with Crippen molar-refractivity contribution in [2.45, 2.75) is 17.0 Å². The maximum absolute atomic E-state index is 15.1. The number of sulfonamides is 1. The predicted molar refractivity (Wildman–Crippen MR) is 135 cm³/mol. The third kappa shape index (κ3) is 4.72. The van der Waals surface area contributed by atoms with Gasteiger partial charge in [-0.05, 0) is 30.8 Å². The number of hydrogen-bond donors (Lipinski definition) is 2. The second-order valence-corrected chi connectivity index (χ2v) is 11.2. The number of piperazine rings is 1. The highest BCUT2D eigenvalue weighted by atomic mass is 32.2. The van der Waals surface area contributed by atoms with E-state index in [2.05, 4.69) is 26.8 Å². The first-order valence-electron chi connectivity index (χ1n) is 11.8. The maximum atomic E-state index is 15.1. The number of anilines is 1. The van der Waals surface area contributed by atoms with Crippen molar-refractivity contribution in [2.24, 2.45) is 0 Å². The van der Waals surface area contributed by atoms with Gasteiger partial charge in [0.2, 0.25) is 10.0 Å². The highest BCUT2D eigenvalue weighted by Gasteiger charge is 2.42. The second-order valence-electron chi connectivity index (χ2n) is 9.31. The van der Waals surface area contributed by atoms with E-state index in [0.29, 0.717) is 16.8 Å². The summed E-state index contributed by atoms with van der Waals surface area (Å²) in [4.78, 5) is 12.5. The lowest BCUT2D eigenvalue weighted by Crippen LogP contribution is -2.52. The van der Waals surface area contributed by atoms with Gasteiger partial charge in [0, 0.05) is 50.4 Å². The van der Waals surface area contributed by atoms with Crippen LogP contribution in [0.2, 0.25) is 0 Å². The lowest BCUT2D eigenvalue weighted by atomic mass is 10.0. The molecular formula is C25H29FN6O3S. The molecule has 0 saturated carbocycles. The van der Waals surface area contributed by atoms with Gasteiger partial charge in [-0.15, -0.1) is 0 Å². The SMILES string of the molecule is CN1CCN([C@@H]2CN(S(=O)(=O)c3ccccc3-c3ccc(-c4cnc(N)cn4)c(F)c3)CC2O)CC1. The van der Waals surface area contributed by atoms with Crippen LogP contribution in [0.5, 0.6) is 0 Å². The summed E-state index contributed by atoms with van der Waals surface area (Å²) in [6, 6.07) is 10.8. The van der Waals surface area contributed by atoms with Crippen LogP contribution in [0.25, 0.3) is 22.4 Å². The Hall–Kier alpha value is -2.96. The van der Waals surface area contributed by atoms with Gasteiger partial charge >= 0.3 is 0 Å². The molecule has 0 bridgehead atoms. The zero-order chi connectivity index (χ0) is 25.4. The number of halogens is 1. The highest BCUT2D eigenvalue weighted by Crippen LogP contribution is 2.34. The zero-order valence-electron chi connectivity index (χ0n) is 20.0. The average Bonchev–Trinajstić information content (AvgIpc) is 3.27. The Bertz CT molecular complexity index is 1350. The lowest BCUT2D eigenvalue weighted by molar-refractivity contribution is 0.0512. The molecule has 3 aromatic rings. The first-order valence-corrected chi connectivity index (χ1v) is 13.3. The predicted octanol–water partition coefficient (Wildman–Crippen LogP) is 1.51. The molecule has 5 rings (SSSR count). The zero-order valence-corrected chi connectivity index (χ0v) is 20.8. The molecule has 3 heterocycles. The number of likely N-dealkylation sites (N-methyl/N-ethyl adjacent to an activating group) is 1. The summed E-state index contributed by atoms with van der Waals surface area (Å²) in [5, 5.41) is 10.7. The van der Waals surface area contributed by atoms with Crippen molar-refractivity contribution < 1.29 is 17.9 Å². The molecule has 0 amide bonds. The van der Waals surface area contributed by atoms with Crippen LogP contribution >= 0.6 is 0 Å². The van der Waals surface area contributed by atoms with Crippen LogP contribution in [0.1, 0.15) is 0 Å². The lowest BCUT2D eigenvalue weighted by Gasteiger charge is -2.37. The van der Waals surface area contributed by atoms with Gasteiger partial charge in [0.15, 0.2) is 0 Å². The molecule has 2 atom stereocenters. The van der Waals surface area contributed by atoms with E-state index in [1.165, 1.54) is 28.8 Å². The first kappa shape index (κ1) is 24.7. The van der Waals surface area contributed by atoms with E-state index < -0.39 is 21.9 Å². The number of benzene rings is 2. The van der Waals surface area contributed by atoms with Crippen LogP contribution < -0.4 is 5.73 Å². The van der Waals surface area contributed by atoms with E-state index in [4.69, 9.17) is 5.73 Å². The Morgan fingerprint density at radius 3 is 2.44 bits per heavy atom. The van der Waals surface area contributed by atoms with E-state index in [1.54, 1.807) is 30.3 Å². The Morgan fingerprint density at radius 1 is 1.00 bits per heavy atom. The summed E-state index contributed by atoms with van der Waals surface area (Å²) in [7, 11) is -1.88. The number of rotatable bonds is 5. The molecule has 36 heavy (non-hydrogen) atoms. The summed E-state index contributed by atoms with van der Waals surface area (Å²) in [5.74, 6) is -0.317. The molecule has 2 aromatic carbocycles. The van der Waals surface area contributed by atoms with Crippen LogP contribution in [-0.4, -0.2) is 96.1 Å². The largest absolute Gasteiger partial charge is 0.390 e. The van der Waals surface area contributed by atoms with Gasteiger partial charge < -0.3 is 15.7 Å². The van der Waals surface area contributed by atoms with E-state index in [1.807, 2.05) is 0 Å². The van der Waals surface area contributed by atoms with Gasteiger partial charge in [0.1, 0.15) is 11.6 Å². The summed E-state index contributed by atoms with van der Waals surface area (Å²) in [5.41, 5.74) is 6.96. The number of aromatic nitrogens is 2. The topological polar surface area (TPSA) is 116 Å². The summed E-state index contributed by atoms with van der Waals surface area (Å²) < 4.78 is 43.9. The third-order valence-corrected chi connectivity index (χ3v) is 8.85. The first-order chi connectivity index (χ1) is 17.2. The minimum Gasteiger partial charge on any atom is -0.390 e. The number of nitrogen functional groups attached to an aromatic ring is 1. The Morgan fingerprint density at radius 2 is 1.75 bits per heavy atom. The van der Waals surface area contributed by atoms with E-state index in [9.17, 15) is 13.5 Å². The van der Waals surface area contributed by atoms with Crippen LogP contribution in [0.15, 0.2) is 59.8 Å². The van der Waals surface area contributed by atoms with Crippen molar-refractivity contribution in [1.29, 1.82) is 0 Å². The molecule has 2 aliphatic rings. The van der Waals surface area contributed by atoms with Gasteiger partial charge in [0.25, 0.3) is 0 Å². The standard InChI is InChI=1S/C25H29FN6O3S/c1-30-8-10-31(11-9-30)22-15-32(16-23(22)33)36(34,35)24-5-3-2-4-18(24)17-6-7-19(20(26)12-17)21-13-29-25(27)14-28-21/h2-7,12-14,22-23,33H,8-11,15-16H2,1H3,(H2,27,29)/t22-,23?/m1/s1. The van der Waals surface area contributed by atoms with Crippen molar-refractivity contribution in [3.05, 3.63) is 60.7 Å². The van der Waals surface area contributed by atoms with E-state index in [0.717, 1.165) is 26.2 Å². The number of aliphatic hydroxyl groups is 1. The Labute approximate surface area is 210 Å². The highest BCUT2D eigenvalue weighted by molar-refractivity contribution is 7.89. The molecular weight excluding hydrogens is 483 g/mol. The van der Waals surface area contributed by atoms with Gasteiger partial charge in [-0.25, -0.2) is 17.8 Å². The van der Waals surface area contributed by atoms with Crippen LogP contribution in [0.4, 0.5) is 10.2 Å². The molecule has 1 unspecified atom stereocenters. The monoisotopic (exact) mass is 512 g/mol. The minimum atomic E-state index is -3.94. The van der Waals surface area contributed by atoms with Crippen molar-refractivity contribution >= 4 is 15.8 Å². The molecule has 2 saturated heterocycles. The van der Waals surface area contributed by atoms with Crippen molar-refractivity contribution in [3.8, 4) is 22.4 Å². The molecule has 3 N–H and O–H groups in total. The minimum absolute atomic E-state index is 0.0246. The fraction of sp³-hybridized carbons (Fsp3) is 0.360. The number of hydrogen-bond acceptors (Lipinski definition) is 8. The van der Waals surface area contributed by atoms with Gasteiger partial charge in [-0.3, -0.25) is 9.88 Å². The smallest absolute Gasteiger partial charge is 0.243 e. The van der Waals surface area contributed by atoms with Gasteiger partial charge in [0.05, 0.1) is 35.1 Å². The van der Waals surface area contributed by atoms with Crippen LogP contribution in [0.3, 0.4) is 0 Å². The van der Waals surface area contributed by atoms with Crippen LogP contribution in [0, 0.1) is 5.82 Å². The number of nitrogens with two attached hydrogens (primary N) is 1. The Balaban J connectivity index is 1.43. The van der Waals surface area contributed by atoms with Crippen LogP contribution in [-0.2, 0) is 10.0 Å². The molecule has 9 nitrogen and oxygen atoms in total. The molecule has 2 fully saturated rings. The molecule has 2 aliphatic heterocycles. The molecule has 0 spiro atoms. The molecule has 190 valence electrons. The van der Waals surface area contributed by atoms with Gasteiger partial charge in [-0.1, -0.05) is 24.3 Å². The fourth-order valence-corrected chi connectivity index (χ4v) is 6.57.